The van der Waals surface area contributed by atoms with Gasteiger partial charge in [-0.05, 0) is 63.8 Å². The maximum Gasteiger partial charge on any atom is 2.00 e. The van der Waals surface area contributed by atoms with Gasteiger partial charge in [-0.3, -0.25) is 4.40 Å². The summed E-state index contributed by atoms with van der Waals surface area (Å²) >= 11 is 0. The summed E-state index contributed by atoms with van der Waals surface area (Å²) in [6.07, 6.45) is 5.76. The molecule has 7 nitrogen and oxygen atoms in total. The van der Waals surface area contributed by atoms with Crippen LogP contribution in [0.1, 0.15) is 26.3 Å². The first-order valence-electron chi connectivity index (χ1n) is 16.6. The van der Waals surface area contributed by atoms with Crippen molar-refractivity contribution in [1.29, 1.82) is 0 Å². The van der Waals surface area contributed by atoms with E-state index < -0.39 is 0 Å². The molecular formula is C43H29N5O2Pt. The molecule has 0 fully saturated rings. The number of benzene rings is 4. The van der Waals surface area contributed by atoms with Gasteiger partial charge in [0.05, 0.1) is 16.6 Å². The van der Waals surface area contributed by atoms with E-state index in [1.807, 2.05) is 67.0 Å². The van der Waals surface area contributed by atoms with Gasteiger partial charge in [0.25, 0.3) is 0 Å². The van der Waals surface area contributed by atoms with Crippen molar-refractivity contribution >= 4 is 60.4 Å². The molecule has 0 spiro atoms. The van der Waals surface area contributed by atoms with Crippen LogP contribution in [0.3, 0.4) is 0 Å². The molecule has 10 aromatic rings. The predicted octanol–water partition coefficient (Wildman–Crippen LogP) is 10.6. The van der Waals surface area contributed by atoms with Crippen molar-refractivity contribution in [3.63, 3.8) is 0 Å². The number of nitrogens with zero attached hydrogens (tertiary/aromatic N) is 5. The molecule has 0 amide bonds. The SMILES string of the molecule is CC(C)(C)c1ccc(-n2c3[c-]c(Oc4[c-]c(-c5ccccn5)c5c(c4)oc4ccn6c7ccccc7nc6c45)ccc3c3ccccc32)nc1.[Pt+2]. The van der Waals surface area contributed by atoms with Crippen molar-refractivity contribution in [2.24, 2.45) is 0 Å². The van der Waals surface area contributed by atoms with Crippen LogP contribution in [0.4, 0.5) is 0 Å². The number of aromatic nitrogens is 5. The average molecular weight is 843 g/mol. The van der Waals surface area contributed by atoms with E-state index in [2.05, 4.69) is 90.4 Å². The van der Waals surface area contributed by atoms with Crippen LogP contribution >= 0.6 is 0 Å². The second-order valence-electron chi connectivity index (χ2n) is 13.6. The van der Waals surface area contributed by atoms with Crippen LogP contribution in [-0.4, -0.2) is 23.9 Å². The Morgan fingerprint density at radius 2 is 1.55 bits per heavy atom. The van der Waals surface area contributed by atoms with E-state index in [9.17, 15) is 0 Å². The number of imidazole rings is 1. The summed E-state index contributed by atoms with van der Waals surface area (Å²) in [7, 11) is 0. The van der Waals surface area contributed by atoms with Gasteiger partial charge in [-0.1, -0.05) is 87.0 Å². The number of ether oxygens (including phenoxy) is 1. The molecule has 0 aliphatic rings. The third-order valence-electron chi connectivity index (χ3n) is 9.46. The molecule has 6 heterocycles. The molecule has 0 aliphatic carbocycles. The first-order valence-corrected chi connectivity index (χ1v) is 16.6. The number of hydrogen-bond donors (Lipinski definition) is 0. The molecule has 0 bridgehead atoms. The van der Waals surface area contributed by atoms with E-state index in [4.69, 9.17) is 24.1 Å². The summed E-state index contributed by atoms with van der Waals surface area (Å²) in [5.41, 5.74) is 8.80. The molecular weight excluding hydrogens is 814 g/mol. The number of furan rings is 1. The Morgan fingerprint density at radius 1 is 0.725 bits per heavy atom. The van der Waals surface area contributed by atoms with Crippen LogP contribution in [0.5, 0.6) is 11.5 Å². The predicted molar refractivity (Wildman–Crippen MR) is 198 cm³/mol. The van der Waals surface area contributed by atoms with Crippen molar-refractivity contribution in [2.75, 3.05) is 0 Å². The Bertz CT molecular complexity index is 2940. The molecule has 0 aliphatic heterocycles. The Kier molecular flexibility index (Phi) is 7.13. The van der Waals surface area contributed by atoms with Crippen molar-refractivity contribution in [3.8, 4) is 28.6 Å². The molecule has 0 N–H and O–H groups in total. The maximum absolute atomic E-state index is 6.59. The molecule has 0 atom stereocenters. The molecule has 0 radical (unpaired) electrons. The van der Waals surface area contributed by atoms with Gasteiger partial charge >= 0.3 is 21.1 Å². The molecule has 51 heavy (non-hydrogen) atoms. The molecule has 10 rings (SSSR count). The van der Waals surface area contributed by atoms with Crippen molar-refractivity contribution in [2.45, 2.75) is 26.2 Å². The summed E-state index contributed by atoms with van der Waals surface area (Å²) < 4.78 is 17.4. The Labute approximate surface area is 307 Å². The Balaban J connectivity index is 0.00000348. The van der Waals surface area contributed by atoms with E-state index in [1.54, 1.807) is 6.20 Å². The summed E-state index contributed by atoms with van der Waals surface area (Å²) in [4.78, 5) is 14.6. The molecule has 0 unspecified atom stereocenters. The van der Waals surface area contributed by atoms with E-state index in [0.717, 1.165) is 71.9 Å². The standard InChI is InChI=1S/C43H29N5O2.Pt/c1-43(2,3)26-15-18-39(45-25-26)48-34-13-6-4-10-29(34)30-17-16-27(23-36(30)48)49-28-22-31(32-11-8-9-20-44-32)40-38(24-28)50-37-19-21-47-35-14-7-5-12-33(35)46-42(47)41(37)40;/h4-21,24-25H,1-3H3;/q-2;+2. The summed E-state index contributed by atoms with van der Waals surface area (Å²) in [6, 6.07) is 41.6. The van der Waals surface area contributed by atoms with Crippen molar-refractivity contribution in [1.82, 2.24) is 23.9 Å². The van der Waals surface area contributed by atoms with Gasteiger partial charge in [-0.2, -0.15) is 6.07 Å². The van der Waals surface area contributed by atoms with E-state index in [-0.39, 0.29) is 26.5 Å². The number of hydrogen-bond acceptors (Lipinski definition) is 5. The summed E-state index contributed by atoms with van der Waals surface area (Å²) in [5, 5.41) is 3.98. The number of para-hydroxylation sites is 3. The van der Waals surface area contributed by atoms with Gasteiger partial charge in [-0.15, -0.1) is 23.1 Å². The van der Waals surface area contributed by atoms with Crippen LogP contribution in [-0.2, 0) is 26.5 Å². The largest absolute Gasteiger partial charge is 2.00 e. The Hall–Kier alpha value is -5.78. The van der Waals surface area contributed by atoms with Gasteiger partial charge in [0.2, 0.25) is 0 Å². The second kappa shape index (κ2) is 11.6. The minimum atomic E-state index is 0. The van der Waals surface area contributed by atoms with Crippen LogP contribution < -0.4 is 4.74 Å². The minimum absolute atomic E-state index is 0. The zero-order valence-corrected chi connectivity index (χ0v) is 30.2. The van der Waals surface area contributed by atoms with Gasteiger partial charge < -0.3 is 18.7 Å². The third kappa shape index (κ3) is 4.95. The smallest absolute Gasteiger partial charge is 0.503 e. The fourth-order valence-corrected chi connectivity index (χ4v) is 7.02. The summed E-state index contributed by atoms with van der Waals surface area (Å²) in [6.45, 7) is 6.58. The van der Waals surface area contributed by atoms with E-state index >= 15 is 0 Å². The fraction of sp³-hybridized carbons (Fsp3) is 0.0930. The molecule has 8 heteroatoms. The summed E-state index contributed by atoms with van der Waals surface area (Å²) in [5.74, 6) is 1.87. The van der Waals surface area contributed by atoms with Crippen molar-refractivity contribution in [3.05, 3.63) is 139 Å². The maximum atomic E-state index is 6.59. The fourth-order valence-electron chi connectivity index (χ4n) is 7.02. The van der Waals surface area contributed by atoms with E-state index in [1.165, 1.54) is 5.56 Å². The number of rotatable bonds is 4. The third-order valence-corrected chi connectivity index (χ3v) is 9.46. The Morgan fingerprint density at radius 3 is 2.35 bits per heavy atom. The van der Waals surface area contributed by atoms with Gasteiger partial charge in [0.15, 0.2) is 0 Å². The van der Waals surface area contributed by atoms with Crippen molar-refractivity contribution < 1.29 is 30.2 Å². The van der Waals surface area contributed by atoms with Gasteiger partial charge in [-0.25, -0.2) is 9.97 Å². The normalized spacial score (nSPS) is 12.1. The second-order valence-corrected chi connectivity index (χ2v) is 13.6. The first-order chi connectivity index (χ1) is 24.4. The molecule has 248 valence electrons. The average Bonchev–Trinajstić information content (AvgIpc) is 3.80. The van der Waals surface area contributed by atoms with Gasteiger partial charge in [0.1, 0.15) is 17.0 Å². The number of pyridine rings is 3. The zero-order chi connectivity index (χ0) is 33.6. The molecule has 0 saturated carbocycles. The monoisotopic (exact) mass is 842 g/mol. The molecule has 4 aromatic carbocycles. The quantitative estimate of drug-likeness (QED) is 0.165. The van der Waals surface area contributed by atoms with Crippen LogP contribution in [0.2, 0.25) is 0 Å². The zero-order valence-electron chi connectivity index (χ0n) is 27.9. The van der Waals surface area contributed by atoms with E-state index in [0.29, 0.717) is 17.1 Å². The topological polar surface area (TPSA) is 70.4 Å². The first kappa shape index (κ1) is 31.2. The molecule has 6 aromatic heterocycles. The van der Waals surface area contributed by atoms with Crippen LogP contribution in [0, 0.1) is 12.1 Å². The molecule has 0 saturated heterocycles. The van der Waals surface area contributed by atoms with Crippen LogP contribution in [0.15, 0.2) is 126 Å². The minimum Gasteiger partial charge on any atom is -0.503 e. The van der Waals surface area contributed by atoms with Gasteiger partial charge in [0, 0.05) is 41.0 Å². The van der Waals surface area contributed by atoms with Crippen LogP contribution in [0.25, 0.3) is 77.5 Å². The number of fused-ring (bicyclic) bond motifs is 10.